The molecule has 9 heteroatoms. The Morgan fingerprint density at radius 3 is 2.79 bits per heavy atom. The number of nitriles is 1. The molecule has 1 amide bonds. The quantitative estimate of drug-likeness (QED) is 0.582. The third kappa shape index (κ3) is 6.43. The van der Waals surface area contributed by atoms with E-state index in [1.807, 2.05) is 13.0 Å². The standard InChI is InChI=1S/C20H21ClN4O4/c1-2-3-12-25-18(26)9-8-17(23-25)20(28)29-14-19(27)24(11-5-10-22)16-7-4-6-15(21)13-16/h4,6-9,13H,2-3,5,11-12,14H2,1H3. The topological polar surface area (TPSA) is 105 Å². The summed E-state index contributed by atoms with van der Waals surface area (Å²) in [6.45, 7) is 1.97. The highest BCUT2D eigenvalue weighted by Crippen LogP contribution is 2.20. The molecule has 2 aromatic rings. The number of benzene rings is 1. The van der Waals surface area contributed by atoms with Crippen molar-refractivity contribution in [2.45, 2.75) is 32.7 Å². The zero-order chi connectivity index (χ0) is 21.2. The predicted molar refractivity (Wildman–Crippen MR) is 108 cm³/mol. The van der Waals surface area contributed by atoms with Gasteiger partial charge in [-0.25, -0.2) is 9.48 Å². The van der Waals surface area contributed by atoms with Gasteiger partial charge in [-0.2, -0.15) is 10.4 Å². The van der Waals surface area contributed by atoms with Crippen LogP contribution >= 0.6 is 11.6 Å². The van der Waals surface area contributed by atoms with Gasteiger partial charge in [-0.1, -0.05) is 31.0 Å². The van der Waals surface area contributed by atoms with Crippen LogP contribution in [-0.4, -0.2) is 34.8 Å². The van der Waals surface area contributed by atoms with Crippen LogP contribution in [0.4, 0.5) is 5.69 Å². The van der Waals surface area contributed by atoms with Gasteiger partial charge in [-0.15, -0.1) is 0 Å². The van der Waals surface area contributed by atoms with E-state index in [1.54, 1.807) is 24.3 Å². The molecule has 1 aromatic heterocycles. The maximum Gasteiger partial charge on any atom is 0.359 e. The largest absolute Gasteiger partial charge is 0.451 e. The molecule has 152 valence electrons. The Morgan fingerprint density at radius 2 is 2.10 bits per heavy atom. The number of amides is 1. The summed E-state index contributed by atoms with van der Waals surface area (Å²) in [4.78, 5) is 38.0. The van der Waals surface area contributed by atoms with Gasteiger partial charge in [0.15, 0.2) is 12.3 Å². The summed E-state index contributed by atoms with van der Waals surface area (Å²) in [7, 11) is 0. The normalized spacial score (nSPS) is 10.2. The fourth-order valence-corrected chi connectivity index (χ4v) is 2.69. The first-order valence-electron chi connectivity index (χ1n) is 9.14. The molecule has 0 atom stereocenters. The number of ether oxygens (including phenoxy) is 1. The maximum absolute atomic E-state index is 12.6. The minimum absolute atomic E-state index is 0.0557. The van der Waals surface area contributed by atoms with Crippen molar-refractivity contribution >= 4 is 29.2 Å². The van der Waals surface area contributed by atoms with Gasteiger partial charge >= 0.3 is 5.97 Å². The van der Waals surface area contributed by atoms with Gasteiger partial charge < -0.3 is 9.64 Å². The predicted octanol–water partition coefficient (Wildman–Crippen LogP) is 2.80. The number of anilines is 1. The van der Waals surface area contributed by atoms with Gasteiger partial charge in [-0.05, 0) is 30.7 Å². The molecule has 0 spiro atoms. The summed E-state index contributed by atoms with van der Waals surface area (Å²) in [5.41, 5.74) is 0.134. The Kier molecular flexibility index (Phi) is 8.37. The SMILES string of the molecule is CCCCn1nc(C(=O)OCC(=O)N(CCC#N)c2cccc(Cl)c2)ccc1=O. The van der Waals surface area contributed by atoms with E-state index < -0.39 is 18.5 Å². The van der Waals surface area contributed by atoms with Crippen LogP contribution in [0.25, 0.3) is 0 Å². The average Bonchev–Trinajstić information content (AvgIpc) is 2.71. The number of hydrogen-bond donors (Lipinski definition) is 0. The molecular weight excluding hydrogens is 396 g/mol. The van der Waals surface area contributed by atoms with Gasteiger partial charge in [0, 0.05) is 29.9 Å². The van der Waals surface area contributed by atoms with E-state index in [2.05, 4.69) is 5.10 Å². The second-order valence-corrected chi connectivity index (χ2v) is 6.58. The summed E-state index contributed by atoms with van der Waals surface area (Å²) in [5.74, 6) is -1.31. The third-order valence-electron chi connectivity index (χ3n) is 3.99. The number of esters is 1. The monoisotopic (exact) mass is 416 g/mol. The summed E-state index contributed by atoms with van der Waals surface area (Å²) < 4.78 is 6.28. The highest BCUT2D eigenvalue weighted by molar-refractivity contribution is 6.30. The molecule has 2 rings (SSSR count). The number of carbonyl (C=O) groups is 2. The van der Waals surface area contributed by atoms with Gasteiger partial charge in [0.25, 0.3) is 11.5 Å². The molecule has 29 heavy (non-hydrogen) atoms. The number of aryl methyl sites for hydroxylation is 1. The molecular formula is C20H21ClN4O4. The molecule has 0 saturated heterocycles. The molecule has 0 saturated carbocycles. The molecule has 8 nitrogen and oxygen atoms in total. The molecule has 0 unspecified atom stereocenters. The van der Waals surface area contributed by atoms with Gasteiger partial charge in [-0.3, -0.25) is 9.59 Å². The first kappa shape index (κ1) is 22.1. The Hall–Kier alpha value is -3.18. The van der Waals surface area contributed by atoms with Crippen molar-refractivity contribution in [1.29, 1.82) is 5.26 Å². The van der Waals surface area contributed by atoms with E-state index in [9.17, 15) is 14.4 Å². The first-order valence-corrected chi connectivity index (χ1v) is 9.52. The van der Waals surface area contributed by atoms with E-state index in [-0.39, 0.29) is 24.2 Å². The van der Waals surface area contributed by atoms with E-state index in [1.165, 1.54) is 21.7 Å². The van der Waals surface area contributed by atoms with Gasteiger partial charge in [0.2, 0.25) is 0 Å². The van der Waals surface area contributed by atoms with Crippen molar-refractivity contribution < 1.29 is 14.3 Å². The number of halogens is 1. The van der Waals surface area contributed by atoms with Crippen molar-refractivity contribution in [3.8, 4) is 6.07 Å². The van der Waals surface area contributed by atoms with Crippen LogP contribution < -0.4 is 10.5 Å². The minimum Gasteiger partial charge on any atom is -0.451 e. The van der Waals surface area contributed by atoms with E-state index >= 15 is 0 Å². The van der Waals surface area contributed by atoms with E-state index in [0.717, 1.165) is 12.8 Å². The van der Waals surface area contributed by atoms with Crippen molar-refractivity contribution in [2.75, 3.05) is 18.1 Å². The summed E-state index contributed by atoms with van der Waals surface area (Å²) in [6.07, 6.45) is 1.73. The van der Waals surface area contributed by atoms with Crippen LogP contribution in [-0.2, 0) is 16.1 Å². The highest BCUT2D eigenvalue weighted by atomic mass is 35.5. The molecule has 0 radical (unpaired) electrons. The van der Waals surface area contributed by atoms with E-state index in [4.69, 9.17) is 21.6 Å². The third-order valence-corrected chi connectivity index (χ3v) is 4.23. The average molecular weight is 417 g/mol. The number of aromatic nitrogens is 2. The second-order valence-electron chi connectivity index (χ2n) is 6.14. The van der Waals surface area contributed by atoms with Crippen LogP contribution in [0.2, 0.25) is 5.02 Å². The lowest BCUT2D eigenvalue weighted by Crippen LogP contribution is -2.35. The lowest BCUT2D eigenvalue weighted by Gasteiger charge is -2.21. The zero-order valence-corrected chi connectivity index (χ0v) is 16.8. The number of hydrogen-bond acceptors (Lipinski definition) is 6. The minimum atomic E-state index is -0.810. The lowest BCUT2D eigenvalue weighted by molar-refractivity contribution is -0.121. The molecule has 0 aliphatic heterocycles. The van der Waals surface area contributed by atoms with Crippen molar-refractivity contribution in [1.82, 2.24) is 9.78 Å². The molecule has 0 fully saturated rings. The fraction of sp³-hybridized carbons (Fsp3) is 0.350. The lowest BCUT2D eigenvalue weighted by atomic mass is 10.2. The zero-order valence-electron chi connectivity index (χ0n) is 16.0. The Morgan fingerprint density at radius 1 is 1.31 bits per heavy atom. The number of nitrogens with zero attached hydrogens (tertiary/aromatic N) is 4. The number of carbonyl (C=O) groups excluding carboxylic acids is 2. The molecule has 0 aliphatic rings. The van der Waals surface area contributed by atoms with Crippen LogP contribution in [0.1, 0.15) is 36.7 Å². The summed E-state index contributed by atoms with van der Waals surface area (Å²) in [6, 6.07) is 11.1. The smallest absolute Gasteiger partial charge is 0.359 e. The van der Waals surface area contributed by atoms with Crippen LogP contribution in [0.3, 0.4) is 0 Å². The molecule has 1 heterocycles. The fourth-order valence-electron chi connectivity index (χ4n) is 2.51. The van der Waals surface area contributed by atoms with Crippen molar-refractivity contribution in [2.24, 2.45) is 0 Å². The number of unbranched alkanes of at least 4 members (excludes halogenated alkanes) is 1. The van der Waals surface area contributed by atoms with Crippen LogP contribution in [0.5, 0.6) is 0 Å². The Balaban J connectivity index is 2.08. The highest BCUT2D eigenvalue weighted by Gasteiger charge is 2.19. The van der Waals surface area contributed by atoms with Crippen LogP contribution in [0.15, 0.2) is 41.2 Å². The molecule has 0 aliphatic carbocycles. The Labute approximate surface area is 173 Å². The summed E-state index contributed by atoms with van der Waals surface area (Å²) in [5, 5.41) is 13.3. The van der Waals surface area contributed by atoms with Crippen molar-refractivity contribution in [3.63, 3.8) is 0 Å². The maximum atomic E-state index is 12.6. The number of rotatable bonds is 9. The van der Waals surface area contributed by atoms with Gasteiger partial charge in [0.1, 0.15) is 0 Å². The Bertz CT molecular complexity index is 967. The van der Waals surface area contributed by atoms with Gasteiger partial charge in [0.05, 0.1) is 12.5 Å². The van der Waals surface area contributed by atoms with E-state index in [0.29, 0.717) is 17.3 Å². The first-order chi connectivity index (χ1) is 14.0. The molecule has 0 bridgehead atoms. The van der Waals surface area contributed by atoms with Crippen LogP contribution in [0, 0.1) is 11.3 Å². The summed E-state index contributed by atoms with van der Waals surface area (Å²) >= 11 is 5.97. The molecule has 0 N–H and O–H groups in total. The molecule has 1 aromatic carbocycles. The second kappa shape index (κ2) is 11.0. The van der Waals surface area contributed by atoms with Crippen molar-refractivity contribution in [3.05, 3.63) is 57.5 Å².